The van der Waals surface area contributed by atoms with Crippen molar-refractivity contribution in [2.75, 3.05) is 5.32 Å². The number of nitrogens with one attached hydrogen (secondary N) is 1. The van der Waals surface area contributed by atoms with E-state index >= 15 is 0 Å². The lowest BCUT2D eigenvalue weighted by molar-refractivity contribution is -0.385. The van der Waals surface area contributed by atoms with Crippen LogP contribution in [0.15, 0.2) is 72.8 Å². The second kappa shape index (κ2) is 8.13. The molecule has 140 valence electrons. The van der Waals surface area contributed by atoms with Crippen molar-refractivity contribution >= 4 is 23.3 Å². The Balaban J connectivity index is 1.67. The molecule has 1 N–H and O–H groups in total. The number of benzene rings is 3. The highest BCUT2D eigenvalue weighted by molar-refractivity contribution is 6.04. The zero-order chi connectivity index (χ0) is 20.1. The van der Waals surface area contributed by atoms with Crippen molar-refractivity contribution in [1.82, 2.24) is 0 Å². The molecule has 3 aromatic rings. The maximum atomic E-state index is 12.2. The first-order valence-corrected chi connectivity index (χ1v) is 8.38. The van der Waals surface area contributed by atoms with Crippen molar-refractivity contribution < 1.29 is 19.2 Å². The highest BCUT2D eigenvalue weighted by Gasteiger charge is 2.16. The van der Waals surface area contributed by atoms with E-state index in [1.165, 1.54) is 30.3 Å². The van der Waals surface area contributed by atoms with Gasteiger partial charge in [-0.3, -0.25) is 14.9 Å². The number of hydrogen-bond acceptors (Lipinski definition) is 5. The molecule has 0 unspecified atom stereocenters. The topological polar surface area (TPSA) is 98.5 Å². The molecule has 1 amide bonds. The van der Waals surface area contributed by atoms with Crippen LogP contribution in [-0.4, -0.2) is 16.8 Å². The fourth-order valence-corrected chi connectivity index (χ4v) is 2.50. The Morgan fingerprint density at radius 3 is 2.25 bits per heavy atom. The molecule has 7 heteroatoms. The van der Waals surface area contributed by atoms with Crippen LogP contribution in [-0.2, 0) is 0 Å². The SMILES string of the molecule is Cc1ccc(C(=O)Oc2ccc(NC(=O)c3ccccc3)cc2)cc1[N+](=O)[O-]. The third-order valence-electron chi connectivity index (χ3n) is 4.00. The lowest BCUT2D eigenvalue weighted by Gasteiger charge is -2.08. The van der Waals surface area contributed by atoms with Gasteiger partial charge in [-0.2, -0.15) is 0 Å². The molecule has 3 aromatic carbocycles. The predicted octanol–water partition coefficient (Wildman–Crippen LogP) is 4.37. The van der Waals surface area contributed by atoms with E-state index in [4.69, 9.17) is 4.74 Å². The number of aryl methyl sites for hydroxylation is 1. The summed E-state index contributed by atoms with van der Waals surface area (Å²) in [5.74, 6) is -0.701. The maximum absolute atomic E-state index is 12.2. The lowest BCUT2D eigenvalue weighted by Crippen LogP contribution is -2.12. The molecular weight excluding hydrogens is 360 g/mol. The number of nitro groups is 1. The van der Waals surface area contributed by atoms with Crippen LogP contribution in [0.5, 0.6) is 5.75 Å². The number of hydrogen-bond donors (Lipinski definition) is 1. The van der Waals surface area contributed by atoms with Crippen molar-refractivity contribution in [2.24, 2.45) is 0 Å². The van der Waals surface area contributed by atoms with Crippen LogP contribution in [0.1, 0.15) is 26.3 Å². The summed E-state index contributed by atoms with van der Waals surface area (Å²) >= 11 is 0. The van der Waals surface area contributed by atoms with Crippen LogP contribution in [0.4, 0.5) is 11.4 Å². The Labute approximate surface area is 160 Å². The van der Waals surface area contributed by atoms with E-state index in [-0.39, 0.29) is 22.9 Å². The number of anilines is 1. The van der Waals surface area contributed by atoms with Gasteiger partial charge in [0.25, 0.3) is 11.6 Å². The molecule has 3 rings (SSSR count). The number of rotatable bonds is 5. The molecule has 0 fully saturated rings. The first kappa shape index (κ1) is 18.8. The fourth-order valence-electron chi connectivity index (χ4n) is 2.50. The minimum absolute atomic E-state index is 0.0822. The summed E-state index contributed by atoms with van der Waals surface area (Å²) < 4.78 is 5.25. The fraction of sp³-hybridized carbons (Fsp3) is 0.0476. The molecule has 0 aliphatic rings. The number of esters is 1. The van der Waals surface area contributed by atoms with Gasteiger partial charge < -0.3 is 10.1 Å². The zero-order valence-corrected chi connectivity index (χ0v) is 14.9. The van der Waals surface area contributed by atoms with E-state index in [1.54, 1.807) is 43.3 Å². The summed E-state index contributed by atoms with van der Waals surface area (Å²) in [7, 11) is 0. The molecular formula is C21H16N2O5. The summed E-state index contributed by atoms with van der Waals surface area (Å²) in [5.41, 5.74) is 1.46. The molecule has 0 spiro atoms. The van der Waals surface area contributed by atoms with Crippen LogP contribution in [0.3, 0.4) is 0 Å². The van der Waals surface area contributed by atoms with Gasteiger partial charge in [-0.05, 0) is 49.4 Å². The number of ether oxygens (including phenoxy) is 1. The second-order valence-corrected chi connectivity index (χ2v) is 5.99. The standard InChI is InChI=1S/C21H16N2O5/c1-14-7-8-16(13-19(14)23(26)27)21(25)28-18-11-9-17(10-12-18)22-20(24)15-5-3-2-4-6-15/h2-13H,1H3,(H,22,24). The monoisotopic (exact) mass is 376 g/mol. The van der Waals surface area contributed by atoms with Gasteiger partial charge >= 0.3 is 5.97 Å². The van der Waals surface area contributed by atoms with Crippen molar-refractivity contribution in [3.05, 3.63) is 99.6 Å². The molecule has 0 aromatic heterocycles. The Hall–Kier alpha value is -4.00. The summed E-state index contributed by atoms with van der Waals surface area (Å²) in [6.07, 6.45) is 0. The summed E-state index contributed by atoms with van der Waals surface area (Å²) in [5, 5.41) is 13.7. The Kier molecular flexibility index (Phi) is 5.45. The van der Waals surface area contributed by atoms with Crippen LogP contribution in [0.25, 0.3) is 0 Å². The normalized spacial score (nSPS) is 10.2. The maximum Gasteiger partial charge on any atom is 0.343 e. The minimum Gasteiger partial charge on any atom is -0.423 e. The molecule has 0 saturated carbocycles. The molecule has 0 radical (unpaired) electrons. The number of carbonyl (C=O) groups excluding carboxylic acids is 2. The zero-order valence-electron chi connectivity index (χ0n) is 14.9. The van der Waals surface area contributed by atoms with E-state index in [1.807, 2.05) is 6.07 Å². The molecule has 0 atom stereocenters. The quantitative estimate of drug-likeness (QED) is 0.308. The third-order valence-corrected chi connectivity index (χ3v) is 4.00. The third kappa shape index (κ3) is 4.39. The second-order valence-electron chi connectivity index (χ2n) is 5.99. The van der Waals surface area contributed by atoms with Gasteiger partial charge in [0, 0.05) is 22.9 Å². The first-order valence-electron chi connectivity index (χ1n) is 8.38. The summed E-state index contributed by atoms with van der Waals surface area (Å²) in [6.45, 7) is 1.59. The number of nitrogens with zero attached hydrogens (tertiary/aromatic N) is 1. The van der Waals surface area contributed by atoms with Crippen LogP contribution < -0.4 is 10.1 Å². The summed E-state index contributed by atoms with van der Waals surface area (Å²) in [6, 6.07) is 19.2. The van der Waals surface area contributed by atoms with Gasteiger partial charge in [0.1, 0.15) is 5.75 Å². The van der Waals surface area contributed by atoms with Gasteiger partial charge in [-0.25, -0.2) is 4.79 Å². The minimum atomic E-state index is -0.704. The molecule has 0 bridgehead atoms. The summed E-state index contributed by atoms with van der Waals surface area (Å²) in [4.78, 5) is 34.8. The van der Waals surface area contributed by atoms with Gasteiger partial charge in [0.15, 0.2) is 0 Å². The van der Waals surface area contributed by atoms with Crippen LogP contribution in [0.2, 0.25) is 0 Å². The molecule has 28 heavy (non-hydrogen) atoms. The van der Waals surface area contributed by atoms with Gasteiger partial charge in [0.05, 0.1) is 10.5 Å². The largest absolute Gasteiger partial charge is 0.423 e. The van der Waals surface area contributed by atoms with E-state index in [2.05, 4.69) is 5.32 Å². The molecule has 0 aliphatic heterocycles. The Morgan fingerprint density at radius 2 is 1.61 bits per heavy atom. The van der Waals surface area contributed by atoms with Crippen molar-refractivity contribution in [1.29, 1.82) is 0 Å². The first-order chi connectivity index (χ1) is 13.4. The van der Waals surface area contributed by atoms with Crippen molar-refractivity contribution in [3.63, 3.8) is 0 Å². The lowest BCUT2D eigenvalue weighted by atomic mass is 10.1. The van der Waals surface area contributed by atoms with E-state index in [9.17, 15) is 19.7 Å². The average molecular weight is 376 g/mol. The number of nitro benzene ring substituents is 1. The van der Waals surface area contributed by atoms with Crippen molar-refractivity contribution in [2.45, 2.75) is 6.92 Å². The number of carbonyl (C=O) groups is 2. The Bertz CT molecular complexity index is 1030. The van der Waals surface area contributed by atoms with Crippen LogP contribution in [0, 0.1) is 17.0 Å². The van der Waals surface area contributed by atoms with E-state index < -0.39 is 10.9 Å². The molecule has 0 aliphatic carbocycles. The predicted molar refractivity (Wildman–Crippen MR) is 104 cm³/mol. The molecule has 0 saturated heterocycles. The molecule has 0 heterocycles. The van der Waals surface area contributed by atoms with Gasteiger partial charge in [-0.15, -0.1) is 0 Å². The van der Waals surface area contributed by atoms with Crippen LogP contribution >= 0.6 is 0 Å². The highest BCUT2D eigenvalue weighted by Crippen LogP contribution is 2.22. The van der Waals surface area contributed by atoms with Crippen molar-refractivity contribution in [3.8, 4) is 5.75 Å². The van der Waals surface area contributed by atoms with Gasteiger partial charge in [-0.1, -0.05) is 24.3 Å². The van der Waals surface area contributed by atoms with E-state index in [0.29, 0.717) is 16.8 Å². The molecule has 7 nitrogen and oxygen atoms in total. The van der Waals surface area contributed by atoms with Gasteiger partial charge in [0.2, 0.25) is 0 Å². The number of amides is 1. The Morgan fingerprint density at radius 1 is 0.929 bits per heavy atom. The highest BCUT2D eigenvalue weighted by atomic mass is 16.6. The average Bonchev–Trinajstić information content (AvgIpc) is 2.70. The van der Waals surface area contributed by atoms with E-state index in [0.717, 1.165) is 0 Å². The smallest absolute Gasteiger partial charge is 0.343 e.